The summed E-state index contributed by atoms with van der Waals surface area (Å²) in [6.07, 6.45) is 1.15. The average Bonchev–Trinajstić information content (AvgIpc) is 2.57. The van der Waals surface area contributed by atoms with Crippen LogP contribution in [0.15, 0.2) is 36.4 Å². The van der Waals surface area contributed by atoms with E-state index in [-0.39, 0.29) is 18.9 Å². The maximum Gasteiger partial charge on any atom is 0.232 e. The highest BCUT2D eigenvalue weighted by Gasteiger charge is 2.22. The SMILES string of the molecule is COc1ccc(C)cc1N(CCC(=O)Nc1c(C)cccc1C)S(C)(=O)=O. The van der Waals surface area contributed by atoms with Crippen LogP contribution in [-0.4, -0.2) is 34.2 Å². The van der Waals surface area contributed by atoms with Crippen molar-refractivity contribution in [3.05, 3.63) is 53.1 Å². The van der Waals surface area contributed by atoms with Crippen LogP contribution in [0.3, 0.4) is 0 Å². The number of benzene rings is 2. The maximum absolute atomic E-state index is 12.4. The van der Waals surface area contributed by atoms with E-state index < -0.39 is 10.0 Å². The normalized spacial score (nSPS) is 11.1. The van der Waals surface area contributed by atoms with Gasteiger partial charge < -0.3 is 10.1 Å². The monoisotopic (exact) mass is 390 g/mol. The zero-order valence-corrected chi connectivity index (χ0v) is 17.2. The first-order valence-electron chi connectivity index (χ1n) is 8.62. The second-order valence-corrected chi connectivity index (χ2v) is 8.48. The molecule has 146 valence electrons. The number of aryl methyl sites for hydroxylation is 3. The molecule has 0 bridgehead atoms. The molecule has 2 aromatic rings. The number of sulfonamides is 1. The lowest BCUT2D eigenvalue weighted by atomic mass is 10.1. The Morgan fingerprint density at radius 1 is 1.11 bits per heavy atom. The van der Waals surface area contributed by atoms with Crippen molar-refractivity contribution in [3.8, 4) is 5.75 Å². The fourth-order valence-electron chi connectivity index (χ4n) is 2.88. The molecule has 0 fully saturated rings. The Hall–Kier alpha value is -2.54. The van der Waals surface area contributed by atoms with E-state index in [1.165, 1.54) is 11.4 Å². The molecule has 0 radical (unpaired) electrons. The molecule has 0 saturated heterocycles. The van der Waals surface area contributed by atoms with Gasteiger partial charge in [0.25, 0.3) is 0 Å². The van der Waals surface area contributed by atoms with Crippen molar-refractivity contribution in [2.24, 2.45) is 0 Å². The molecule has 0 aliphatic carbocycles. The lowest BCUT2D eigenvalue weighted by Crippen LogP contribution is -2.33. The molecule has 0 aromatic heterocycles. The molecule has 1 amide bonds. The molecule has 0 saturated carbocycles. The van der Waals surface area contributed by atoms with Crippen molar-refractivity contribution < 1.29 is 17.9 Å². The van der Waals surface area contributed by atoms with E-state index in [0.29, 0.717) is 11.4 Å². The summed E-state index contributed by atoms with van der Waals surface area (Å²) in [5, 5.41) is 2.89. The number of hydrogen-bond donors (Lipinski definition) is 1. The Bertz CT molecular complexity index is 919. The first kappa shape index (κ1) is 20.8. The number of ether oxygens (including phenoxy) is 1. The minimum Gasteiger partial charge on any atom is -0.495 e. The van der Waals surface area contributed by atoms with E-state index in [1.54, 1.807) is 12.1 Å². The molecular weight excluding hydrogens is 364 g/mol. The van der Waals surface area contributed by atoms with Crippen molar-refractivity contribution in [1.82, 2.24) is 0 Å². The number of nitrogens with one attached hydrogen (secondary N) is 1. The van der Waals surface area contributed by atoms with Crippen LogP contribution in [0.25, 0.3) is 0 Å². The summed E-state index contributed by atoms with van der Waals surface area (Å²) in [4.78, 5) is 12.4. The van der Waals surface area contributed by atoms with Gasteiger partial charge in [-0.15, -0.1) is 0 Å². The molecule has 0 aliphatic rings. The van der Waals surface area contributed by atoms with Gasteiger partial charge in [-0.1, -0.05) is 24.3 Å². The first-order valence-corrected chi connectivity index (χ1v) is 10.5. The highest BCUT2D eigenvalue weighted by molar-refractivity contribution is 7.92. The van der Waals surface area contributed by atoms with Crippen LogP contribution in [0, 0.1) is 20.8 Å². The fraction of sp³-hybridized carbons (Fsp3) is 0.350. The highest BCUT2D eigenvalue weighted by atomic mass is 32.2. The van der Waals surface area contributed by atoms with Crippen molar-refractivity contribution >= 4 is 27.3 Å². The fourth-order valence-corrected chi connectivity index (χ4v) is 3.80. The quantitative estimate of drug-likeness (QED) is 0.786. The summed E-state index contributed by atoms with van der Waals surface area (Å²) in [7, 11) is -2.09. The number of hydrogen-bond acceptors (Lipinski definition) is 4. The van der Waals surface area contributed by atoms with E-state index in [4.69, 9.17) is 4.74 Å². The topological polar surface area (TPSA) is 75.7 Å². The summed E-state index contributed by atoms with van der Waals surface area (Å²) in [6.45, 7) is 5.73. The predicted molar refractivity (Wildman–Crippen MR) is 109 cm³/mol. The van der Waals surface area contributed by atoms with Gasteiger partial charge in [-0.05, 0) is 49.6 Å². The first-order chi connectivity index (χ1) is 12.6. The largest absolute Gasteiger partial charge is 0.495 e. The molecule has 2 rings (SSSR count). The molecule has 27 heavy (non-hydrogen) atoms. The lowest BCUT2D eigenvalue weighted by Gasteiger charge is -2.24. The standard InChI is InChI=1S/C20H26N2O4S/c1-14-9-10-18(26-4)17(13-14)22(27(5,24)25)12-11-19(23)21-20-15(2)7-6-8-16(20)3/h6-10,13H,11-12H2,1-5H3,(H,21,23). The van der Waals surface area contributed by atoms with Gasteiger partial charge in [0, 0.05) is 18.7 Å². The minimum absolute atomic E-state index is 0.0232. The second kappa shape index (κ2) is 8.43. The third-order valence-corrected chi connectivity index (χ3v) is 5.47. The van der Waals surface area contributed by atoms with Gasteiger partial charge in [-0.25, -0.2) is 8.42 Å². The summed E-state index contributed by atoms with van der Waals surface area (Å²) in [5.74, 6) is 0.203. The predicted octanol–water partition coefficient (Wildman–Crippen LogP) is 3.42. The summed E-state index contributed by atoms with van der Waals surface area (Å²) >= 11 is 0. The Kier molecular flexibility index (Phi) is 6.49. The molecule has 2 aromatic carbocycles. The maximum atomic E-state index is 12.4. The Morgan fingerprint density at radius 3 is 2.30 bits per heavy atom. The zero-order chi connectivity index (χ0) is 20.2. The van der Waals surface area contributed by atoms with Crippen molar-refractivity contribution in [3.63, 3.8) is 0 Å². The van der Waals surface area contributed by atoms with Crippen LogP contribution in [0.1, 0.15) is 23.1 Å². The number of anilines is 2. The summed E-state index contributed by atoms with van der Waals surface area (Å²) < 4.78 is 31.2. The molecule has 0 heterocycles. The third-order valence-electron chi connectivity index (χ3n) is 4.29. The number of nitrogens with zero attached hydrogens (tertiary/aromatic N) is 1. The van der Waals surface area contributed by atoms with Gasteiger partial charge in [0.1, 0.15) is 5.75 Å². The number of amides is 1. The van der Waals surface area contributed by atoms with Crippen LogP contribution < -0.4 is 14.4 Å². The van der Waals surface area contributed by atoms with Gasteiger partial charge >= 0.3 is 0 Å². The van der Waals surface area contributed by atoms with Crippen molar-refractivity contribution in [1.29, 1.82) is 0 Å². The molecule has 0 aliphatic heterocycles. The van der Waals surface area contributed by atoms with E-state index in [9.17, 15) is 13.2 Å². The van der Waals surface area contributed by atoms with Crippen LogP contribution in [0.4, 0.5) is 11.4 Å². The number of rotatable bonds is 7. The average molecular weight is 391 g/mol. The smallest absolute Gasteiger partial charge is 0.232 e. The second-order valence-electron chi connectivity index (χ2n) is 6.58. The van der Waals surface area contributed by atoms with Gasteiger partial charge in [0.05, 0.1) is 19.1 Å². The van der Waals surface area contributed by atoms with Gasteiger partial charge in [0.15, 0.2) is 0 Å². The Balaban J connectivity index is 2.21. The van der Waals surface area contributed by atoms with E-state index in [2.05, 4.69) is 5.32 Å². The van der Waals surface area contributed by atoms with E-state index >= 15 is 0 Å². The molecule has 0 unspecified atom stereocenters. The van der Waals surface area contributed by atoms with Crippen molar-refractivity contribution in [2.75, 3.05) is 29.5 Å². The van der Waals surface area contributed by atoms with Crippen LogP contribution in [0.2, 0.25) is 0 Å². The van der Waals surface area contributed by atoms with E-state index in [0.717, 1.165) is 28.6 Å². The van der Waals surface area contributed by atoms with Crippen LogP contribution in [0.5, 0.6) is 5.75 Å². The van der Waals surface area contributed by atoms with Gasteiger partial charge in [-0.2, -0.15) is 0 Å². The van der Waals surface area contributed by atoms with Crippen LogP contribution >= 0.6 is 0 Å². The molecule has 0 atom stereocenters. The van der Waals surface area contributed by atoms with Gasteiger partial charge in [0.2, 0.25) is 15.9 Å². The zero-order valence-electron chi connectivity index (χ0n) is 16.4. The minimum atomic E-state index is -3.58. The molecular formula is C20H26N2O4S. The number of para-hydroxylation sites is 1. The number of carbonyl (C=O) groups is 1. The number of methoxy groups -OCH3 is 1. The third kappa shape index (κ3) is 5.23. The Labute approximate surface area is 161 Å². The Morgan fingerprint density at radius 2 is 1.74 bits per heavy atom. The lowest BCUT2D eigenvalue weighted by molar-refractivity contribution is -0.116. The number of carbonyl (C=O) groups excluding carboxylic acids is 1. The van der Waals surface area contributed by atoms with Crippen LogP contribution in [-0.2, 0) is 14.8 Å². The van der Waals surface area contributed by atoms with E-state index in [1.807, 2.05) is 45.0 Å². The summed E-state index contributed by atoms with van der Waals surface area (Å²) in [5.41, 5.74) is 4.02. The summed E-state index contributed by atoms with van der Waals surface area (Å²) in [6, 6.07) is 11.1. The highest BCUT2D eigenvalue weighted by Crippen LogP contribution is 2.31. The molecule has 7 heteroatoms. The molecule has 1 N–H and O–H groups in total. The van der Waals surface area contributed by atoms with Crippen molar-refractivity contribution in [2.45, 2.75) is 27.2 Å². The van der Waals surface area contributed by atoms with Gasteiger partial charge in [-0.3, -0.25) is 9.10 Å². The molecule has 6 nitrogen and oxygen atoms in total. The molecule has 0 spiro atoms.